The molecule has 1 N–H and O–H groups in total. The van der Waals surface area contributed by atoms with Gasteiger partial charge in [0.1, 0.15) is 23.1 Å². The maximum Gasteiger partial charge on any atom is 0.418 e. The first kappa shape index (κ1) is 26.4. The second-order valence-corrected chi connectivity index (χ2v) is 7.30. The van der Waals surface area contributed by atoms with E-state index in [-0.39, 0.29) is 17.4 Å². The Bertz CT molecular complexity index is 1410. The summed E-state index contributed by atoms with van der Waals surface area (Å²) in [5.41, 5.74) is -2.93. The van der Waals surface area contributed by atoms with Crippen LogP contribution in [0, 0.1) is 21.4 Å². The van der Waals surface area contributed by atoms with Crippen LogP contribution in [0.4, 0.5) is 24.5 Å². The van der Waals surface area contributed by atoms with E-state index < -0.39 is 45.5 Å². The van der Waals surface area contributed by atoms with Gasteiger partial charge in [0, 0.05) is 12.1 Å². The molecule has 0 spiro atoms. The van der Waals surface area contributed by atoms with E-state index >= 15 is 0 Å². The Morgan fingerprint density at radius 2 is 1.65 bits per heavy atom. The second-order valence-electron chi connectivity index (χ2n) is 7.30. The van der Waals surface area contributed by atoms with Gasteiger partial charge in [-0.25, -0.2) is 4.79 Å². The molecule has 0 bridgehead atoms. The van der Waals surface area contributed by atoms with Crippen molar-refractivity contribution in [1.29, 1.82) is 5.26 Å². The number of nitriles is 1. The zero-order chi connectivity index (χ0) is 27.2. The Kier molecular flexibility index (Phi) is 7.89. The van der Waals surface area contributed by atoms with E-state index in [0.29, 0.717) is 11.3 Å². The van der Waals surface area contributed by atoms with Gasteiger partial charge in [-0.3, -0.25) is 14.9 Å². The molecule has 37 heavy (non-hydrogen) atoms. The van der Waals surface area contributed by atoms with E-state index in [0.717, 1.165) is 18.2 Å². The predicted molar refractivity (Wildman–Crippen MR) is 125 cm³/mol. The van der Waals surface area contributed by atoms with Crippen molar-refractivity contribution in [3.8, 4) is 17.6 Å². The third kappa shape index (κ3) is 6.70. The third-order valence-electron chi connectivity index (χ3n) is 4.86. The Labute approximate surface area is 207 Å². The Hall–Kier alpha value is -5.18. The van der Waals surface area contributed by atoms with Crippen molar-refractivity contribution in [3.63, 3.8) is 0 Å². The number of alkyl halides is 3. The van der Waals surface area contributed by atoms with Gasteiger partial charge in [0.25, 0.3) is 11.6 Å². The van der Waals surface area contributed by atoms with Crippen molar-refractivity contribution in [2.75, 3.05) is 12.4 Å². The molecule has 0 aromatic heterocycles. The number of nitro groups is 1. The number of hydrogen-bond acceptors (Lipinski definition) is 7. The van der Waals surface area contributed by atoms with E-state index in [4.69, 9.17) is 9.47 Å². The van der Waals surface area contributed by atoms with Gasteiger partial charge in [-0.05, 0) is 54.1 Å². The average Bonchev–Trinajstić information content (AvgIpc) is 2.87. The van der Waals surface area contributed by atoms with Crippen molar-refractivity contribution in [2.45, 2.75) is 6.18 Å². The maximum atomic E-state index is 13.3. The van der Waals surface area contributed by atoms with Crippen LogP contribution < -0.4 is 14.8 Å². The van der Waals surface area contributed by atoms with Crippen LogP contribution in [0.5, 0.6) is 11.5 Å². The highest BCUT2D eigenvalue weighted by molar-refractivity contribution is 6.10. The highest BCUT2D eigenvalue weighted by atomic mass is 19.4. The van der Waals surface area contributed by atoms with Crippen LogP contribution in [0.15, 0.2) is 72.3 Å². The standard InChI is InChI=1S/C25H16F3N3O6/c1-36-19-9-4-16(5-10-19)24(33)37-20-7-2-15(3-8-20)12-17(14-29)23(32)30-22-11-6-18(31(34)35)13-21(22)25(26,27)28/h2-13H,1H3,(H,30,32)/b17-12+. The van der Waals surface area contributed by atoms with Crippen LogP contribution in [-0.2, 0) is 11.0 Å². The number of halogens is 3. The van der Waals surface area contributed by atoms with Crippen LogP contribution in [-0.4, -0.2) is 23.9 Å². The fourth-order valence-corrected chi connectivity index (χ4v) is 3.02. The van der Waals surface area contributed by atoms with Gasteiger partial charge in [-0.1, -0.05) is 12.1 Å². The van der Waals surface area contributed by atoms with Gasteiger partial charge < -0.3 is 14.8 Å². The summed E-state index contributed by atoms with van der Waals surface area (Å²) in [5.74, 6) is -1.06. The summed E-state index contributed by atoms with van der Waals surface area (Å²) in [7, 11) is 1.49. The number of amides is 1. The van der Waals surface area contributed by atoms with Gasteiger partial charge in [0.15, 0.2) is 0 Å². The molecule has 188 valence electrons. The van der Waals surface area contributed by atoms with Crippen molar-refractivity contribution in [1.82, 2.24) is 0 Å². The largest absolute Gasteiger partial charge is 0.497 e. The van der Waals surface area contributed by atoms with Gasteiger partial charge >= 0.3 is 12.1 Å². The molecular weight excluding hydrogens is 495 g/mol. The first-order valence-corrected chi connectivity index (χ1v) is 10.3. The number of methoxy groups -OCH3 is 1. The zero-order valence-electron chi connectivity index (χ0n) is 18.9. The summed E-state index contributed by atoms with van der Waals surface area (Å²) >= 11 is 0. The molecule has 0 aliphatic heterocycles. The highest BCUT2D eigenvalue weighted by Crippen LogP contribution is 2.37. The molecule has 0 aliphatic carbocycles. The lowest BCUT2D eigenvalue weighted by atomic mass is 10.1. The monoisotopic (exact) mass is 511 g/mol. The van der Waals surface area contributed by atoms with Crippen molar-refractivity contribution < 1.29 is 37.2 Å². The van der Waals surface area contributed by atoms with Gasteiger partial charge in [-0.2, -0.15) is 18.4 Å². The first-order valence-electron chi connectivity index (χ1n) is 10.3. The number of nitrogens with zero attached hydrogens (tertiary/aromatic N) is 2. The molecule has 3 rings (SSSR count). The summed E-state index contributed by atoms with van der Waals surface area (Å²) in [5, 5.41) is 22.1. The number of benzene rings is 3. The molecular formula is C25H16F3N3O6. The van der Waals surface area contributed by atoms with E-state index in [1.54, 1.807) is 18.2 Å². The summed E-state index contributed by atoms with van der Waals surface area (Å²) in [4.78, 5) is 34.5. The molecule has 12 heteroatoms. The molecule has 0 saturated carbocycles. The third-order valence-corrected chi connectivity index (χ3v) is 4.86. The number of carbonyl (C=O) groups excluding carboxylic acids is 2. The van der Waals surface area contributed by atoms with Crippen LogP contribution in [0.1, 0.15) is 21.5 Å². The summed E-state index contributed by atoms with van der Waals surface area (Å²) in [6, 6.07) is 15.3. The number of non-ortho nitro benzene ring substituents is 1. The molecule has 0 fully saturated rings. The van der Waals surface area contributed by atoms with Gasteiger partial charge in [0.05, 0.1) is 28.8 Å². The minimum absolute atomic E-state index is 0.168. The molecule has 3 aromatic rings. The first-order chi connectivity index (χ1) is 17.5. The second kappa shape index (κ2) is 11.0. The summed E-state index contributed by atoms with van der Waals surface area (Å²) < 4.78 is 50.3. The highest BCUT2D eigenvalue weighted by Gasteiger charge is 2.35. The van der Waals surface area contributed by atoms with Crippen molar-refractivity contribution in [2.24, 2.45) is 0 Å². The lowest BCUT2D eigenvalue weighted by molar-refractivity contribution is -0.385. The number of nitro benzene ring substituents is 1. The number of nitrogens with one attached hydrogen (secondary N) is 1. The lowest BCUT2D eigenvalue weighted by Crippen LogP contribution is -2.18. The van der Waals surface area contributed by atoms with Crippen molar-refractivity contribution in [3.05, 3.63) is 99.1 Å². The molecule has 0 aliphatic rings. The molecule has 0 unspecified atom stereocenters. The van der Waals surface area contributed by atoms with Crippen LogP contribution in [0.25, 0.3) is 6.08 Å². The van der Waals surface area contributed by atoms with Gasteiger partial charge in [-0.15, -0.1) is 0 Å². The topological polar surface area (TPSA) is 132 Å². The summed E-state index contributed by atoms with van der Waals surface area (Å²) in [6.07, 6.45) is -3.88. The number of carbonyl (C=O) groups is 2. The smallest absolute Gasteiger partial charge is 0.418 e. The van der Waals surface area contributed by atoms with Crippen LogP contribution >= 0.6 is 0 Å². The molecule has 0 saturated heterocycles. The van der Waals surface area contributed by atoms with Crippen molar-refractivity contribution >= 4 is 29.3 Å². The fraction of sp³-hybridized carbons (Fsp3) is 0.0800. The Balaban J connectivity index is 1.75. The summed E-state index contributed by atoms with van der Waals surface area (Å²) in [6.45, 7) is 0. The molecule has 0 radical (unpaired) electrons. The maximum absolute atomic E-state index is 13.3. The van der Waals surface area contributed by atoms with Crippen LogP contribution in [0.3, 0.4) is 0 Å². The number of rotatable bonds is 7. The van der Waals surface area contributed by atoms with E-state index in [2.05, 4.69) is 0 Å². The zero-order valence-corrected chi connectivity index (χ0v) is 18.9. The number of esters is 1. The number of hydrogen-bond donors (Lipinski definition) is 1. The average molecular weight is 511 g/mol. The predicted octanol–water partition coefficient (Wildman–Crippen LogP) is 5.39. The molecule has 0 heterocycles. The molecule has 9 nitrogen and oxygen atoms in total. The SMILES string of the molecule is COc1ccc(C(=O)Oc2ccc(/C=C(\C#N)C(=O)Nc3ccc([N+](=O)[O-])cc3C(F)(F)F)cc2)cc1. The van der Waals surface area contributed by atoms with Crippen LogP contribution in [0.2, 0.25) is 0 Å². The molecule has 0 atom stereocenters. The Morgan fingerprint density at radius 3 is 2.19 bits per heavy atom. The van der Waals surface area contributed by atoms with Gasteiger partial charge in [0.2, 0.25) is 0 Å². The normalized spacial score (nSPS) is 11.3. The molecule has 3 aromatic carbocycles. The van der Waals surface area contributed by atoms with E-state index in [1.807, 2.05) is 5.32 Å². The minimum Gasteiger partial charge on any atom is -0.497 e. The Morgan fingerprint density at radius 1 is 1.03 bits per heavy atom. The quantitative estimate of drug-likeness (QED) is 0.112. The number of anilines is 1. The van der Waals surface area contributed by atoms with E-state index in [1.165, 1.54) is 43.5 Å². The number of ether oxygens (including phenoxy) is 2. The minimum atomic E-state index is -5.00. The van der Waals surface area contributed by atoms with E-state index in [9.17, 15) is 38.1 Å². The molecule has 1 amide bonds. The fourth-order valence-electron chi connectivity index (χ4n) is 3.02. The lowest BCUT2D eigenvalue weighted by Gasteiger charge is -2.13.